The Balaban J connectivity index is 1.80. The average molecular weight is 398 g/mol. The third kappa shape index (κ3) is 4.71. The van der Waals surface area contributed by atoms with Gasteiger partial charge in [0.15, 0.2) is 5.75 Å². The molecular weight excluding hydrogens is 373 g/mol. The van der Waals surface area contributed by atoms with Gasteiger partial charge in [-0.3, -0.25) is 9.58 Å². The Kier molecular flexibility index (Phi) is 6.81. The highest BCUT2D eigenvalue weighted by Crippen LogP contribution is 2.33. The van der Waals surface area contributed by atoms with E-state index in [1.54, 1.807) is 18.2 Å². The van der Waals surface area contributed by atoms with Crippen LogP contribution in [0.1, 0.15) is 25.2 Å². The first-order chi connectivity index (χ1) is 12.6. The smallest absolute Gasteiger partial charge is 0.171 e. The highest BCUT2D eigenvalue weighted by Gasteiger charge is 2.19. The molecule has 1 fully saturated rings. The molecule has 2 heterocycles. The molecule has 0 saturated carbocycles. The Labute approximate surface area is 164 Å². The highest BCUT2D eigenvalue weighted by molar-refractivity contribution is 6.34. The Morgan fingerprint density at radius 2 is 1.73 bits per heavy atom. The molecule has 0 N–H and O–H groups in total. The van der Waals surface area contributed by atoms with Crippen LogP contribution in [-0.4, -0.2) is 47.5 Å². The fourth-order valence-electron chi connectivity index (χ4n) is 3.18. The molecular formula is C19H25Cl2N3O2. The van der Waals surface area contributed by atoms with Crippen molar-refractivity contribution in [2.75, 3.05) is 32.8 Å². The fraction of sp³-hybridized carbons (Fsp3) is 0.526. The summed E-state index contributed by atoms with van der Waals surface area (Å²) in [5.74, 6) is 1.47. The molecule has 1 saturated heterocycles. The molecule has 142 valence electrons. The first-order valence-electron chi connectivity index (χ1n) is 9.13. The number of nitrogens with zero attached hydrogens (tertiary/aromatic N) is 3. The topological polar surface area (TPSA) is 39.5 Å². The maximum Gasteiger partial charge on any atom is 0.171 e. The van der Waals surface area contributed by atoms with Gasteiger partial charge in [0, 0.05) is 29.7 Å². The molecule has 1 aliphatic rings. The largest absolute Gasteiger partial charge is 0.453 e. The molecule has 1 aromatic heterocycles. The summed E-state index contributed by atoms with van der Waals surface area (Å²) in [6.07, 6.45) is 1.65. The number of benzene rings is 1. The number of aromatic nitrogens is 2. The lowest BCUT2D eigenvalue weighted by Gasteiger charge is -2.26. The summed E-state index contributed by atoms with van der Waals surface area (Å²) in [5, 5.41) is 5.91. The first-order valence-corrected chi connectivity index (χ1v) is 9.88. The second-order valence-electron chi connectivity index (χ2n) is 6.31. The number of aryl methyl sites for hydroxylation is 1. The molecule has 0 bridgehead atoms. The Morgan fingerprint density at radius 3 is 2.35 bits per heavy atom. The molecule has 0 unspecified atom stereocenters. The maximum absolute atomic E-state index is 6.17. The van der Waals surface area contributed by atoms with E-state index in [1.807, 2.05) is 0 Å². The molecule has 0 radical (unpaired) electrons. The van der Waals surface area contributed by atoms with E-state index < -0.39 is 0 Å². The van der Waals surface area contributed by atoms with Crippen molar-refractivity contribution in [2.45, 2.75) is 33.2 Å². The van der Waals surface area contributed by atoms with Crippen molar-refractivity contribution in [2.24, 2.45) is 0 Å². The van der Waals surface area contributed by atoms with E-state index in [1.165, 1.54) is 0 Å². The Hall–Kier alpha value is -1.27. The van der Waals surface area contributed by atoms with Crippen molar-refractivity contribution in [1.82, 2.24) is 14.7 Å². The van der Waals surface area contributed by atoms with E-state index in [9.17, 15) is 0 Å². The number of ether oxygens (including phenoxy) is 2. The molecule has 3 rings (SSSR count). The summed E-state index contributed by atoms with van der Waals surface area (Å²) in [4.78, 5) is 2.41. The van der Waals surface area contributed by atoms with Crippen molar-refractivity contribution >= 4 is 23.2 Å². The van der Waals surface area contributed by atoms with Crippen LogP contribution < -0.4 is 4.74 Å². The van der Waals surface area contributed by atoms with Crippen LogP contribution in [0.4, 0.5) is 0 Å². The number of morpholine rings is 1. The van der Waals surface area contributed by atoms with Crippen LogP contribution in [0.5, 0.6) is 11.5 Å². The highest BCUT2D eigenvalue weighted by atomic mass is 35.5. The van der Waals surface area contributed by atoms with Gasteiger partial charge in [-0.25, -0.2) is 0 Å². The number of hydrogen-bond donors (Lipinski definition) is 0. The minimum atomic E-state index is 0.559. The normalized spacial score (nSPS) is 15.4. The van der Waals surface area contributed by atoms with Crippen molar-refractivity contribution in [1.29, 1.82) is 0 Å². The summed E-state index contributed by atoms with van der Waals surface area (Å²) in [6.45, 7) is 9.60. The molecule has 0 amide bonds. The molecule has 1 aliphatic heterocycles. The zero-order valence-corrected chi connectivity index (χ0v) is 16.8. The van der Waals surface area contributed by atoms with Gasteiger partial charge in [-0.15, -0.1) is 0 Å². The van der Waals surface area contributed by atoms with E-state index in [0.29, 0.717) is 15.8 Å². The van der Waals surface area contributed by atoms with E-state index >= 15 is 0 Å². The Bertz CT molecular complexity index is 722. The molecule has 26 heavy (non-hydrogen) atoms. The third-order valence-corrected chi connectivity index (χ3v) is 4.97. The fourth-order valence-corrected chi connectivity index (χ4v) is 3.68. The molecule has 0 spiro atoms. The van der Waals surface area contributed by atoms with Crippen molar-refractivity contribution in [3.63, 3.8) is 0 Å². The molecule has 0 atom stereocenters. The second kappa shape index (κ2) is 9.09. The van der Waals surface area contributed by atoms with Crippen LogP contribution in [0.15, 0.2) is 18.2 Å². The van der Waals surface area contributed by atoms with E-state index in [-0.39, 0.29) is 0 Å². The average Bonchev–Trinajstić information content (AvgIpc) is 2.96. The SMILES string of the molecule is CCc1nn(CCN2CCOCC2)c(CC)c1Oc1cc(Cl)cc(Cl)c1. The quantitative estimate of drug-likeness (QED) is 0.692. The lowest BCUT2D eigenvalue weighted by molar-refractivity contribution is 0.0358. The van der Waals surface area contributed by atoms with Gasteiger partial charge in [-0.2, -0.15) is 5.10 Å². The summed E-state index contributed by atoms with van der Waals surface area (Å²) in [7, 11) is 0. The van der Waals surface area contributed by atoms with Gasteiger partial charge in [0.1, 0.15) is 11.4 Å². The Morgan fingerprint density at radius 1 is 1.04 bits per heavy atom. The van der Waals surface area contributed by atoms with Crippen molar-refractivity contribution in [3.05, 3.63) is 39.6 Å². The van der Waals surface area contributed by atoms with Crippen LogP contribution in [0.25, 0.3) is 0 Å². The number of hydrogen-bond acceptors (Lipinski definition) is 4. The molecule has 5 nitrogen and oxygen atoms in total. The third-order valence-electron chi connectivity index (χ3n) is 4.53. The van der Waals surface area contributed by atoms with E-state index in [0.717, 1.165) is 69.4 Å². The summed E-state index contributed by atoms with van der Waals surface area (Å²) < 4.78 is 13.7. The number of halogens is 2. The second-order valence-corrected chi connectivity index (χ2v) is 7.19. The zero-order valence-electron chi connectivity index (χ0n) is 15.3. The van der Waals surface area contributed by atoms with Gasteiger partial charge in [0.05, 0.1) is 25.5 Å². The van der Waals surface area contributed by atoms with E-state index in [2.05, 4.69) is 23.4 Å². The van der Waals surface area contributed by atoms with Crippen LogP contribution in [0, 0.1) is 0 Å². The molecule has 2 aromatic rings. The predicted molar refractivity (Wildman–Crippen MR) is 105 cm³/mol. The van der Waals surface area contributed by atoms with Gasteiger partial charge < -0.3 is 9.47 Å². The molecule has 7 heteroatoms. The van der Waals surface area contributed by atoms with E-state index in [4.69, 9.17) is 37.8 Å². The zero-order chi connectivity index (χ0) is 18.5. The van der Waals surface area contributed by atoms with Gasteiger partial charge >= 0.3 is 0 Å². The predicted octanol–water partition coefficient (Wildman–Crippen LogP) is 4.44. The lowest BCUT2D eigenvalue weighted by atomic mass is 10.2. The summed E-state index contributed by atoms with van der Waals surface area (Å²) in [6, 6.07) is 5.25. The van der Waals surface area contributed by atoms with Gasteiger partial charge in [0.2, 0.25) is 0 Å². The number of rotatable bonds is 7. The lowest BCUT2D eigenvalue weighted by Crippen LogP contribution is -2.38. The molecule has 0 aliphatic carbocycles. The van der Waals surface area contributed by atoms with Gasteiger partial charge in [-0.05, 0) is 31.0 Å². The van der Waals surface area contributed by atoms with Crippen molar-refractivity contribution in [3.8, 4) is 11.5 Å². The van der Waals surface area contributed by atoms with Gasteiger partial charge in [0.25, 0.3) is 0 Å². The van der Waals surface area contributed by atoms with Crippen LogP contribution in [0.3, 0.4) is 0 Å². The van der Waals surface area contributed by atoms with Crippen LogP contribution >= 0.6 is 23.2 Å². The minimum Gasteiger partial charge on any atom is -0.453 e. The molecule has 1 aromatic carbocycles. The monoisotopic (exact) mass is 397 g/mol. The van der Waals surface area contributed by atoms with Crippen molar-refractivity contribution < 1.29 is 9.47 Å². The standard InChI is InChI=1S/C19H25Cl2N3O2/c1-3-17-19(26-16-12-14(20)11-15(21)13-16)18(4-2)24(22-17)6-5-23-7-9-25-10-8-23/h11-13H,3-10H2,1-2H3. The first kappa shape index (κ1) is 19.5. The van der Waals surface area contributed by atoms with Crippen LogP contribution in [-0.2, 0) is 24.1 Å². The summed E-state index contributed by atoms with van der Waals surface area (Å²) >= 11 is 12.2. The minimum absolute atomic E-state index is 0.559. The maximum atomic E-state index is 6.17. The van der Waals surface area contributed by atoms with Crippen LogP contribution in [0.2, 0.25) is 10.0 Å². The van der Waals surface area contributed by atoms with Gasteiger partial charge in [-0.1, -0.05) is 37.0 Å². The summed E-state index contributed by atoms with van der Waals surface area (Å²) in [5.41, 5.74) is 2.06.